The monoisotopic (exact) mass is 387 g/mol. The summed E-state index contributed by atoms with van der Waals surface area (Å²) >= 11 is 6.96. The molecule has 2 aromatic rings. The normalized spacial score (nSPS) is 11.2. The molecule has 102 valence electrons. The van der Waals surface area contributed by atoms with E-state index in [4.69, 9.17) is 0 Å². The van der Waals surface area contributed by atoms with E-state index in [0.717, 1.165) is 27.0 Å². The molecule has 0 saturated carbocycles. The van der Waals surface area contributed by atoms with Gasteiger partial charge in [0, 0.05) is 8.95 Å². The van der Waals surface area contributed by atoms with Crippen molar-refractivity contribution in [3.8, 4) is 5.69 Å². The SMILES string of the molecule is CC(C)CNCc1nnnn1-c1ccc(Br)cc1Br. The molecule has 7 heteroatoms. The molecule has 0 spiro atoms. The Kier molecular flexibility index (Phi) is 5.06. The van der Waals surface area contributed by atoms with Crippen LogP contribution in [-0.2, 0) is 6.54 Å². The fourth-order valence-corrected chi connectivity index (χ4v) is 2.84. The molecule has 0 atom stereocenters. The lowest BCUT2D eigenvalue weighted by Crippen LogP contribution is -2.21. The van der Waals surface area contributed by atoms with E-state index >= 15 is 0 Å². The van der Waals surface area contributed by atoms with Crippen LogP contribution in [0.2, 0.25) is 0 Å². The Morgan fingerprint density at radius 2 is 2.11 bits per heavy atom. The first-order valence-electron chi connectivity index (χ1n) is 6.01. The topological polar surface area (TPSA) is 55.6 Å². The van der Waals surface area contributed by atoms with E-state index in [1.807, 2.05) is 18.2 Å². The molecule has 0 radical (unpaired) electrons. The molecule has 2 rings (SSSR count). The first kappa shape index (κ1) is 14.6. The maximum absolute atomic E-state index is 4.06. The van der Waals surface area contributed by atoms with Crippen molar-refractivity contribution >= 4 is 31.9 Å². The number of hydrogen-bond acceptors (Lipinski definition) is 4. The number of rotatable bonds is 5. The second-order valence-electron chi connectivity index (χ2n) is 4.63. The average Bonchev–Trinajstić information content (AvgIpc) is 2.77. The lowest BCUT2D eigenvalue weighted by atomic mass is 10.2. The zero-order valence-electron chi connectivity index (χ0n) is 10.8. The van der Waals surface area contributed by atoms with E-state index in [2.05, 4.69) is 66.5 Å². The molecule has 1 N–H and O–H groups in total. The van der Waals surface area contributed by atoms with Crippen LogP contribution in [0.5, 0.6) is 0 Å². The van der Waals surface area contributed by atoms with Crippen molar-refractivity contribution < 1.29 is 0 Å². The van der Waals surface area contributed by atoms with Gasteiger partial charge in [0.05, 0.1) is 12.2 Å². The van der Waals surface area contributed by atoms with Crippen molar-refractivity contribution in [2.45, 2.75) is 20.4 Å². The largest absolute Gasteiger partial charge is 0.310 e. The third kappa shape index (κ3) is 3.84. The summed E-state index contributed by atoms with van der Waals surface area (Å²) in [5, 5.41) is 15.2. The highest BCUT2D eigenvalue weighted by atomic mass is 79.9. The Morgan fingerprint density at radius 1 is 1.32 bits per heavy atom. The number of aromatic nitrogens is 4. The molecule has 1 heterocycles. The molecule has 0 aliphatic carbocycles. The Hall–Kier alpha value is -0.790. The van der Waals surface area contributed by atoms with Crippen LogP contribution in [0.3, 0.4) is 0 Å². The molecular formula is C12H15Br2N5. The third-order valence-electron chi connectivity index (χ3n) is 2.51. The van der Waals surface area contributed by atoms with Crippen molar-refractivity contribution in [1.29, 1.82) is 0 Å². The van der Waals surface area contributed by atoms with Gasteiger partial charge in [-0.05, 0) is 57.0 Å². The molecule has 0 aliphatic heterocycles. The Bertz CT molecular complexity index is 553. The number of nitrogens with one attached hydrogen (secondary N) is 1. The van der Waals surface area contributed by atoms with E-state index in [-0.39, 0.29) is 0 Å². The van der Waals surface area contributed by atoms with Crippen LogP contribution in [0.4, 0.5) is 0 Å². The van der Waals surface area contributed by atoms with Crippen molar-refractivity contribution in [2.75, 3.05) is 6.54 Å². The van der Waals surface area contributed by atoms with Gasteiger partial charge in [0.2, 0.25) is 0 Å². The van der Waals surface area contributed by atoms with Crippen LogP contribution < -0.4 is 5.32 Å². The van der Waals surface area contributed by atoms with Gasteiger partial charge in [0.25, 0.3) is 0 Å². The van der Waals surface area contributed by atoms with Crippen molar-refractivity contribution in [3.05, 3.63) is 33.0 Å². The number of nitrogens with zero attached hydrogens (tertiary/aromatic N) is 4. The van der Waals surface area contributed by atoms with Crippen molar-refractivity contribution in [3.63, 3.8) is 0 Å². The van der Waals surface area contributed by atoms with Gasteiger partial charge in [0.15, 0.2) is 5.82 Å². The lowest BCUT2D eigenvalue weighted by Gasteiger charge is -2.09. The third-order valence-corrected chi connectivity index (χ3v) is 3.64. The zero-order chi connectivity index (χ0) is 13.8. The minimum absolute atomic E-state index is 0.601. The maximum atomic E-state index is 4.06. The minimum Gasteiger partial charge on any atom is -0.310 e. The molecule has 0 bridgehead atoms. The summed E-state index contributed by atoms with van der Waals surface area (Å²) in [6.07, 6.45) is 0. The van der Waals surface area contributed by atoms with E-state index in [9.17, 15) is 0 Å². The van der Waals surface area contributed by atoms with Gasteiger partial charge >= 0.3 is 0 Å². The molecule has 1 aromatic heterocycles. The van der Waals surface area contributed by atoms with E-state index in [0.29, 0.717) is 12.5 Å². The Morgan fingerprint density at radius 3 is 2.79 bits per heavy atom. The Labute approximate surface area is 129 Å². The molecule has 0 unspecified atom stereocenters. The lowest BCUT2D eigenvalue weighted by molar-refractivity contribution is 0.537. The smallest absolute Gasteiger partial charge is 0.170 e. The number of halogens is 2. The fraction of sp³-hybridized carbons (Fsp3) is 0.417. The standard InChI is InChI=1S/C12H15Br2N5/c1-8(2)6-15-7-12-16-17-18-19(12)11-4-3-9(13)5-10(11)14/h3-5,8,15H,6-7H2,1-2H3. The number of benzene rings is 1. The molecule has 5 nitrogen and oxygen atoms in total. The summed E-state index contributed by atoms with van der Waals surface area (Å²) in [5.41, 5.74) is 0.926. The van der Waals surface area contributed by atoms with Gasteiger partial charge < -0.3 is 5.32 Å². The first-order chi connectivity index (χ1) is 9.08. The van der Waals surface area contributed by atoms with Crippen LogP contribution in [0.15, 0.2) is 27.1 Å². The van der Waals surface area contributed by atoms with Crippen molar-refractivity contribution in [1.82, 2.24) is 25.5 Å². The molecule has 19 heavy (non-hydrogen) atoms. The summed E-state index contributed by atoms with van der Waals surface area (Å²) in [7, 11) is 0. The van der Waals surface area contributed by atoms with E-state index in [1.54, 1.807) is 4.68 Å². The minimum atomic E-state index is 0.601. The van der Waals surface area contributed by atoms with Crippen molar-refractivity contribution in [2.24, 2.45) is 5.92 Å². The van der Waals surface area contributed by atoms with Crippen LogP contribution >= 0.6 is 31.9 Å². The van der Waals surface area contributed by atoms with Gasteiger partial charge in [0.1, 0.15) is 0 Å². The summed E-state index contributed by atoms with van der Waals surface area (Å²) in [4.78, 5) is 0. The summed E-state index contributed by atoms with van der Waals surface area (Å²) in [5.74, 6) is 1.40. The highest BCUT2D eigenvalue weighted by molar-refractivity contribution is 9.11. The van der Waals surface area contributed by atoms with Crippen LogP contribution in [-0.4, -0.2) is 26.8 Å². The molecule has 0 aliphatic rings. The number of hydrogen-bond donors (Lipinski definition) is 1. The predicted molar refractivity (Wildman–Crippen MR) is 81.1 cm³/mol. The summed E-state index contributed by atoms with van der Waals surface area (Å²) in [6.45, 7) is 5.92. The maximum Gasteiger partial charge on any atom is 0.170 e. The number of tetrazole rings is 1. The van der Waals surface area contributed by atoms with E-state index in [1.165, 1.54) is 0 Å². The highest BCUT2D eigenvalue weighted by Crippen LogP contribution is 2.24. The summed E-state index contributed by atoms with van der Waals surface area (Å²) in [6, 6.07) is 5.91. The van der Waals surface area contributed by atoms with Gasteiger partial charge in [-0.3, -0.25) is 0 Å². The van der Waals surface area contributed by atoms with Gasteiger partial charge in [-0.15, -0.1) is 5.10 Å². The predicted octanol–water partition coefficient (Wildman–Crippen LogP) is 2.93. The molecule has 1 aromatic carbocycles. The zero-order valence-corrected chi connectivity index (χ0v) is 13.9. The molecule has 0 saturated heterocycles. The summed E-state index contributed by atoms with van der Waals surface area (Å²) < 4.78 is 3.69. The van der Waals surface area contributed by atoms with Gasteiger partial charge in [-0.25, -0.2) is 0 Å². The molecular weight excluding hydrogens is 374 g/mol. The molecule has 0 amide bonds. The van der Waals surface area contributed by atoms with Crippen LogP contribution in [0.25, 0.3) is 5.69 Å². The quantitative estimate of drug-likeness (QED) is 0.855. The molecule has 0 fully saturated rings. The first-order valence-corrected chi connectivity index (χ1v) is 7.60. The van der Waals surface area contributed by atoms with E-state index < -0.39 is 0 Å². The highest BCUT2D eigenvalue weighted by Gasteiger charge is 2.11. The second kappa shape index (κ2) is 6.58. The van der Waals surface area contributed by atoms with Gasteiger partial charge in [-0.2, -0.15) is 4.68 Å². The van der Waals surface area contributed by atoms with Crippen LogP contribution in [0.1, 0.15) is 19.7 Å². The average molecular weight is 389 g/mol. The van der Waals surface area contributed by atoms with Gasteiger partial charge in [-0.1, -0.05) is 29.8 Å². The Balaban J connectivity index is 2.19. The second-order valence-corrected chi connectivity index (χ2v) is 6.40. The fourth-order valence-electron chi connectivity index (χ4n) is 1.63. The van der Waals surface area contributed by atoms with Crippen LogP contribution in [0, 0.1) is 5.92 Å².